The molecule has 0 radical (unpaired) electrons. The van der Waals surface area contributed by atoms with Crippen LogP contribution in [0.1, 0.15) is 32.3 Å². The molecule has 0 bridgehead atoms. The standard InChI is InChI=1S/C16H24N2O/c1-16(2,9-8-13-6-4-3-5-7-13)18-15(19)10-14-11-17-12-14/h3-7,14,17H,8-12H2,1-2H3,(H,18,19). The first kappa shape index (κ1) is 14.1. The van der Waals surface area contributed by atoms with Crippen molar-refractivity contribution in [3.63, 3.8) is 0 Å². The molecule has 0 spiro atoms. The van der Waals surface area contributed by atoms with Crippen molar-refractivity contribution in [1.82, 2.24) is 10.6 Å². The van der Waals surface area contributed by atoms with Crippen molar-refractivity contribution in [2.75, 3.05) is 13.1 Å². The minimum Gasteiger partial charge on any atom is -0.351 e. The maximum Gasteiger partial charge on any atom is 0.220 e. The van der Waals surface area contributed by atoms with Gasteiger partial charge in [0.25, 0.3) is 0 Å². The predicted molar refractivity (Wildman–Crippen MR) is 78.0 cm³/mol. The lowest BCUT2D eigenvalue weighted by atomic mass is 9.93. The van der Waals surface area contributed by atoms with Crippen LogP contribution in [0, 0.1) is 5.92 Å². The lowest BCUT2D eigenvalue weighted by Gasteiger charge is -2.30. The molecule has 1 aliphatic heterocycles. The van der Waals surface area contributed by atoms with E-state index in [2.05, 4.69) is 48.7 Å². The minimum atomic E-state index is -0.135. The second kappa shape index (κ2) is 6.20. The van der Waals surface area contributed by atoms with E-state index in [0.29, 0.717) is 12.3 Å². The first-order valence-corrected chi connectivity index (χ1v) is 7.11. The fraction of sp³-hybridized carbons (Fsp3) is 0.562. The van der Waals surface area contributed by atoms with Crippen LogP contribution in [-0.4, -0.2) is 24.5 Å². The molecule has 1 saturated heterocycles. The van der Waals surface area contributed by atoms with E-state index in [4.69, 9.17) is 0 Å². The number of hydrogen-bond acceptors (Lipinski definition) is 2. The van der Waals surface area contributed by atoms with Gasteiger partial charge in [0.2, 0.25) is 5.91 Å². The van der Waals surface area contributed by atoms with E-state index >= 15 is 0 Å². The van der Waals surface area contributed by atoms with Crippen molar-refractivity contribution in [2.24, 2.45) is 5.92 Å². The van der Waals surface area contributed by atoms with Gasteiger partial charge >= 0.3 is 0 Å². The molecule has 0 unspecified atom stereocenters. The average Bonchev–Trinajstić information content (AvgIpc) is 2.32. The summed E-state index contributed by atoms with van der Waals surface area (Å²) in [5.41, 5.74) is 1.19. The molecule has 0 atom stereocenters. The van der Waals surface area contributed by atoms with Crippen molar-refractivity contribution in [3.05, 3.63) is 35.9 Å². The van der Waals surface area contributed by atoms with Crippen molar-refractivity contribution in [3.8, 4) is 0 Å². The smallest absolute Gasteiger partial charge is 0.220 e. The molecule has 1 amide bonds. The van der Waals surface area contributed by atoms with Gasteiger partial charge in [0.1, 0.15) is 0 Å². The zero-order valence-electron chi connectivity index (χ0n) is 11.9. The number of aryl methyl sites for hydroxylation is 1. The summed E-state index contributed by atoms with van der Waals surface area (Å²) in [5, 5.41) is 6.35. The molecule has 0 aliphatic carbocycles. The second-order valence-corrected chi connectivity index (χ2v) is 6.15. The highest BCUT2D eigenvalue weighted by molar-refractivity contribution is 5.77. The van der Waals surface area contributed by atoms with Crippen LogP contribution in [-0.2, 0) is 11.2 Å². The highest BCUT2D eigenvalue weighted by Crippen LogP contribution is 2.15. The third-order valence-electron chi connectivity index (χ3n) is 3.70. The Bertz CT molecular complexity index is 410. The Morgan fingerprint density at radius 3 is 2.58 bits per heavy atom. The largest absolute Gasteiger partial charge is 0.351 e. The van der Waals surface area contributed by atoms with Crippen LogP contribution in [0.5, 0.6) is 0 Å². The van der Waals surface area contributed by atoms with Crippen LogP contribution in [0.4, 0.5) is 0 Å². The van der Waals surface area contributed by atoms with Gasteiger partial charge in [-0.25, -0.2) is 0 Å². The second-order valence-electron chi connectivity index (χ2n) is 6.15. The zero-order chi connectivity index (χ0) is 13.7. The van der Waals surface area contributed by atoms with Gasteiger partial charge in [-0.15, -0.1) is 0 Å². The average molecular weight is 260 g/mol. The number of benzene rings is 1. The molecule has 1 aliphatic rings. The number of amides is 1. The number of rotatable bonds is 6. The number of carbonyl (C=O) groups is 1. The first-order valence-electron chi connectivity index (χ1n) is 7.11. The van der Waals surface area contributed by atoms with E-state index in [1.54, 1.807) is 0 Å². The maximum absolute atomic E-state index is 11.9. The van der Waals surface area contributed by atoms with Crippen LogP contribution in [0.25, 0.3) is 0 Å². The van der Waals surface area contributed by atoms with Gasteiger partial charge in [-0.05, 0) is 51.3 Å². The molecular weight excluding hydrogens is 236 g/mol. The molecule has 3 heteroatoms. The summed E-state index contributed by atoms with van der Waals surface area (Å²) in [7, 11) is 0. The Labute approximate surface area is 115 Å². The van der Waals surface area contributed by atoms with Crippen molar-refractivity contribution < 1.29 is 4.79 Å². The molecule has 19 heavy (non-hydrogen) atoms. The van der Waals surface area contributed by atoms with Gasteiger partial charge in [0.15, 0.2) is 0 Å². The Kier molecular flexibility index (Phi) is 4.59. The van der Waals surface area contributed by atoms with Gasteiger partial charge in [-0.1, -0.05) is 30.3 Å². The molecular formula is C16H24N2O. The van der Waals surface area contributed by atoms with Gasteiger partial charge in [0.05, 0.1) is 0 Å². The van der Waals surface area contributed by atoms with Gasteiger partial charge in [-0.2, -0.15) is 0 Å². The molecule has 1 fully saturated rings. The molecule has 0 saturated carbocycles. The SMILES string of the molecule is CC(C)(CCc1ccccc1)NC(=O)CC1CNC1. The van der Waals surface area contributed by atoms with Crippen molar-refractivity contribution in [2.45, 2.75) is 38.6 Å². The molecule has 2 rings (SSSR count). The summed E-state index contributed by atoms with van der Waals surface area (Å²) in [5.74, 6) is 0.717. The lowest BCUT2D eigenvalue weighted by molar-refractivity contribution is -0.124. The molecule has 0 aromatic heterocycles. The highest BCUT2D eigenvalue weighted by atomic mass is 16.1. The fourth-order valence-corrected chi connectivity index (χ4v) is 2.35. The molecule has 3 nitrogen and oxygen atoms in total. The van der Waals surface area contributed by atoms with Gasteiger partial charge in [0, 0.05) is 12.0 Å². The lowest BCUT2D eigenvalue weighted by Crippen LogP contribution is -2.48. The Hall–Kier alpha value is -1.35. The summed E-state index contributed by atoms with van der Waals surface area (Å²) < 4.78 is 0. The van der Waals surface area contributed by atoms with E-state index in [1.807, 2.05) is 6.07 Å². The molecule has 104 valence electrons. The van der Waals surface area contributed by atoms with Crippen LogP contribution < -0.4 is 10.6 Å². The third kappa shape index (κ3) is 4.67. The van der Waals surface area contributed by atoms with E-state index < -0.39 is 0 Å². The van der Waals surface area contributed by atoms with Gasteiger partial charge < -0.3 is 10.6 Å². The topological polar surface area (TPSA) is 41.1 Å². The normalized spacial score (nSPS) is 15.9. The number of carbonyl (C=O) groups excluding carboxylic acids is 1. The molecule has 1 heterocycles. The van der Waals surface area contributed by atoms with E-state index in [-0.39, 0.29) is 11.4 Å². The summed E-state index contributed by atoms with van der Waals surface area (Å²) in [6.07, 6.45) is 2.62. The predicted octanol–water partition coefficient (Wildman–Crippen LogP) is 2.12. The minimum absolute atomic E-state index is 0.135. The molecule has 1 aromatic rings. The maximum atomic E-state index is 11.9. The van der Waals surface area contributed by atoms with Crippen molar-refractivity contribution >= 4 is 5.91 Å². The summed E-state index contributed by atoms with van der Waals surface area (Å²) in [4.78, 5) is 11.9. The summed E-state index contributed by atoms with van der Waals surface area (Å²) in [6.45, 7) is 6.18. The van der Waals surface area contributed by atoms with E-state index in [9.17, 15) is 4.79 Å². The summed E-state index contributed by atoms with van der Waals surface area (Å²) >= 11 is 0. The van der Waals surface area contributed by atoms with Crippen LogP contribution in [0.2, 0.25) is 0 Å². The highest BCUT2D eigenvalue weighted by Gasteiger charge is 2.24. The fourth-order valence-electron chi connectivity index (χ4n) is 2.35. The Balaban J connectivity index is 1.75. The van der Waals surface area contributed by atoms with Crippen LogP contribution >= 0.6 is 0 Å². The summed E-state index contributed by atoms with van der Waals surface area (Å²) in [6, 6.07) is 10.4. The third-order valence-corrected chi connectivity index (χ3v) is 3.70. The zero-order valence-corrected chi connectivity index (χ0v) is 11.9. The van der Waals surface area contributed by atoms with Crippen LogP contribution in [0.3, 0.4) is 0 Å². The number of hydrogen-bond donors (Lipinski definition) is 2. The van der Waals surface area contributed by atoms with E-state index in [0.717, 1.165) is 25.9 Å². The first-order chi connectivity index (χ1) is 9.05. The Morgan fingerprint density at radius 2 is 2.00 bits per heavy atom. The Morgan fingerprint density at radius 1 is 1.32 bits per heavy atom. The quantitative estimate of drug-likeness (QED) is 0.822. The molecule has 1 aromatic carbocycles. The van der Waals surface area contributed by atoms with Crippen molar-refractivity contribution in [1.29, 1.82) is 0 Å². The number of nitrogens with one attached hydrogen (secondary N) is 2. The molecule has 2 N–H and O–H groups in total. The monoisotopic (exact) mass is 260 g/mol. The van der Waals surface area contributed by atoms with E-state index in [1.165, 1.54) is 5.56 Å². The van der Waals surface area contributed by atoms with Crippen LogP contribution in [0.15, 0.2) is 30.3 Å². The van der Waals surface area contributed by atoms with Gasteiger partial charge in [-0.3, -0.25) is 4.79 Å².